The van der Waals surface area contributed by atoms with E-state index >= 15 is 0 Å². The van der Waals surface area contributed by atoms with Crippen LogP contribution in [0.15, 0.2) is 70.6 Å². The number of aromatic nitrogens is 1. The first kappa shape index (κ1) is 18.1. The summed E-state index contributed by atoms with van der Waals surface area (Å²) in [5, 5.41) is 12.8. The minimum Gasteiger partial charge on any atom is -0.508 e. The monoisotopic (exact) mass is 389 g/mol. The molecule has 1 saturated heterocycles. The number of nitrogens with one attached hydrogen (secondary N) is 1. The summed E-state index contributed by atoms with van der Waals surface area (Å²) in [6.07, 6.45) is 1.90. The summed E-state index contributed by atoms with van der Waals surface area (Å²) in [6, 6.07) is 18.8. The highest BCUT2D eigenvalue weighted by Gasteiger charge is 2.24. The number of thioether (sulfide) groups is 1. The van der Waals surface area contributed by atoms with Gasteiger partial charge in [0.1, 0.15) is 5.75 Å². The lowest BCUT2D eigenvalue weighted by Gasteiger charge is -2.09. The number of benzene rings is 2. The van der Waals surface area contributed by atoms with Crippen LogP contribution in [0.1, 0.15) is 17.0 Å². The van der Waals surface area contributed by atoms with Gasteiger partial charge < -0.3 is 15.0 Å². The molecule has 3 aromatic rings. The molecule has 2 aromatic carbocycles. The third-order valence-corrected chi connectivity index (χ3v) is 5.39. The van der Waals surface area contributed by atoms with E-state index in [1.54, 1.807) is 24.3 Å². The van der Waals surface area contributed by atoms with Crippen LogP contribution in [-0.2, 0) is 4.79 Å². The molecule has 5 nitrogen and oxygen atoms in total. The Kier molecular flexibility index (Phi) is 4.79. The van der Waals surface area contributed by atoms with Crippen molar-refractivity contribution in [3.63, 3.8) is 0 Å². The highest BCUT2D eigenvalue weighted by Crippen LogP contribution is 2.31. The van der Waals surface area contributed by atoms with Crippen LogP contribution < -0.4 is 5.32 Å². The van der Waals surface area contributed by atoms with Gasteiger partial charge in [0.15, 0.2) is 5.17 Å². The van der Waals surface area contributed by atoms with Crippen molar-refractivity contribution in [2.24, 2.45) is 4.99 Å². The molecule has 0 atom stereocenters. The van der Waals surface area contributed by atoms with Crippen molar-refractivity contribution >= 4 is 34.6 Å². The molecule has 1 amide bonds. The van der Waals surface area contributed by atoms with Crippen LogP contribution in [0.5, 0.6) is 5.75 Å². The van der Waals surface area contributed by atoms with Crippen molar-refractivity contribution in [2.45, 2.75) is 13.8 Å². The van der Waals surface area contributed by atoms with Crippen LogP contribution in [0.2, 0.25) is 0 Å². The molecule has 4 rings (SSSR count). The smallest absolute Gasteiger partial charge is 0.264 e. The predicted octanol–water partition coefficient (Wildman–Crippen LogP) is 4.69. The van der Waals surface area contributed by atoms with E-state index < -0.39 is 0 Å². The van der Waals surface area contributed by atoms with Crippen molar-refractivity contribution in [3.05, 3.63) is 82.5 Å². The van der Waals surface area contributed by atoms with Crippen molar-refractivity contribution in [1.29, 1.82) is 0 Å². The van der Waals surface area contributed by atoms with E-state index in [2.05, 4.69) is 40.0 Å². The Morgan fingerprint density at radius 3 is 2.61 bits per heavy atom. The van der Waals surface area contributed by atoms with Crippen molar-refractivity contribution in [2.75, 3.05) is 0 Å². The Bertz CT molecular complexity index is 1110. The molecule has 28 heavy (non-hydrogen) atoms. The van der Waals surface area contributed by atoms with Gasteiger partial charge in [-0.05, 0) is 67.6 Å². The minimum atomic E-state index is -0.173. The first-order valence-electron chi connectivity index (χ1n) is 8.84. The molecule has 0 unspecified atom stereocenters. The number of hydrogen-bond acceptors (Lipinski definition) is 4. The minimum absolute atomic E-state index is 0.139. The van der Waals surface area contributed by atoms with Crippen molar-refractivity contribution in [1.82, 2.24) is 9.88 Å². The Morgan fingerprint density at radius 1 is 1.07 bits per heavy atom. The summed E-state index contributed by atoms with van der Waals surface area (Å²) in [5.74, 6) is -0.0336. The number of phenolic OH excluding ortho intramolecular Hbond substituents is 1. The van der Waals surface area contributed by atoms with Gasteiger partial charge in [-0.15, -0.1) is 0 Å². The van der Waals surface area contributed by atoms with Crippen LogP contribution in [-0.4, -0.2) is 20.7 Å². The van der Waals surface area contributed by atoms with E-state index in [-0.39, 0.29) is 11.7 Å². The lowest BCUT2D eigenvalue weighted by atomic mass is 10.2. The average Bonchev–Trinajstić information content (AvgIpc) is 3.14. The summed E-state index contributed by atoms with van der Waals surface area (Å²) in [4.78, 5) is 17.4. The van der Waals surface area contributed by atoms with Gasteiger partial charge >= 0.3 is 0 Å². The number of para-hydroxylation sites is 1. The molecule has 0 radical (unpaired) electrons. The molecule has 1 aliphatic rings. The maximum atomic E-state index is 12.4. The fourth-order valence-electron chi connectivity index (χ4n) is 3.21. The SMILES string of the molecule is Cc1cc(/C=C2\SC(=Nc3cccc(O)c3)NC2=O)c(C)n1-c1ccccc1. The van der Waals surface area contributed by atoms with Crippen LogP contribution >= 0.6 is 11.8 Å². The van der Waals surface area contributed by atoms with Gasteiger partial charge in [-0.2, -0.15) is 0 Å². The molecule has 2 heterocycles. The maximum absolute atomic E-state index is 12.4. The lowest BCUT2D eigenvalue weighted by molar-refractivity contribution is -0.115. The zero-order valence-corrected chi connectivity index (χ0v) is 16.3. The second-order valence-corrected chi connectivity index (χ2v) is 7.53. The number of aliphatic imine (C=N–C) groups is 1. The van der Waals surface area contributed by atoms with E-state index in [0.29, 0.717) is 15.8 Å². The van der Waals surface area contributed by atoms with Gasteiger partial charge in [0.25, 0.3) is 5.91 Å². The summed E-state index contributed by atoms with van der Waals surface area (Å²) in [6.45, 7) is 4.10. The molecule has 0 bridgehead atoms. The molecular formula is C22H19N3O2S. The molecule has 1 fully saturated rings. The fraction of sp³-hybridized carbons (Fsp3) is 0.0909. The quantitative estimate of drug-likeness (QED) is 0.639. The van der Waals surface area contributed by atoms with Crippen molar-refractivity contribution < 1.29 is 9.90 Å². The zero-order chi connectivity index (χ0) is 19.7. The highest BCUT2D eigenvalue weighted by atomic mass is 32.2. The summed E-state index contributed by atoms with van der Waals surface area (Å²) >= 11 is 1.29. The third kappa shape index (κ3) is 3.59. The molecule has 0 spiro atoms. The topological polar surface area (TPSA) is 66.6 Å². The van der Waals surface area contributed by atoms with Gasteiger partial charge in [0.2, 0.25) is 0 Å². The summed E-state index contributed by atoms with van der Waals surface area (Å²) in [7, 11) is 0. The molecule has 0 aliphatic carbocycles. The first-order valence-corrected chi connectivity index (χ1v) is 9.66. The second kappa shape index (κ2) is 7.40. The Hall–Kier alpha value is -3.25. The average molecular weight is 389 g/mol. The van der Waals surface area contributed by atoms with Crippen molar-refractivity contribution in [3.8, 4) is 11.4 Å². The van der Waals surface area contributed by atoms with Crippen LogP contribution in [0.25, 0.3) is 11.8 Å². The molecule has 0 saturated carbocycles. The first-order chi connectivity index (χ1) is 13.5. The molecule has 6 heteroatoms. The standard InChI is InChI=1S/C22H19N3O2S/c1-14-11-16(15(2)25(14)18-8-4-3-5-9-18)12-20-21(27)24-22(28-20)23-17-7-6-10-19(26)13-17/h3-13,26H,1-2H3,(H,23,24,27)/b20-12-. The molecule has 2 N–H and O–H groups in total. The van der Waals surface area contributed by atoms with E-state index in [9.17, 15) is 9.90 Å². The number of nitrogens with zero attached hydrogens (tertiary/aromatic N) is 2. The summed E-state index contributed by atoms with van der Waals surface area (Å²) < 4.78 is 2.17. The Labute approximate surface area is 167 Å². The van der Waals surface area contributed by atoms with Crippen LogP contribution in [0.4, 0.5) is 5.69 Å². The number of carbonyl (C=O) groups is 1. The number of aromatic hydroxyl groups is 1. The van der Waals surface area contributed by atoms with E-state index in [1.165, 1.54) is 11.8 Å². The number of hydrogen-bond donors (Lipinski definition) is 2. The molecular weight excluding hydrogens is 370 g/mol. The molecule has 1 aromatic heterocycles. The van der Waals surface area contributed by atoms with Crippen LogP contribution in [0.3, 0.4) is 0 Å². The normalized spacial score (nSPS) is 16.7. The number of carbonyl (C=O) groups excluding carboxylic acids is 1. The third-order valence-electron chi connectivity index (χ3n) is 4.48. The van der Waals surface area contributed by atoms with E-state index in [4.69, 9.17) is 0 Å². The number of rotatable bonds is 3. The number of amides is 1. The largest absolute Gasteiger partial charge is 0.508 e. The number of phenols is 1. The maximum Gasteiger partial charge on any atom is 0.264 e. The van der Waals surface area contributed by atoms with E-state index in [1.807, 2.05) is 31.2 Å². The Morgan fingerprint density at radius 2 is 1.86 bits per heavy atom. The fourth-order valence-corrected chi connectivity index (χ4v) is 4.04. The van der Waals surface area contributed by atoms with Crippen LogP contribution in [0, 0.1) is 13.8 Å². The molecule has 1 aliphatic heterocycles. The second-order valence-electron chi connectivity index (χ2n) is 6.50. The number of aryl methyl sites for hydroxylation is 1. The van der Waals surface area contributed by atoms with Gasteiger partial charge in [0.05, 0.1) is 10.6 Å². The van der Waals surface area contributed by atoms with E-state index in [0.717, 1.165) is 22.6 Å². The molecule has 140 valence electrons. The predicted molar refractivity (Wildman–Crippen MR) is 114 cm³/mol. The van der Waals surface area contributed by atoms with Gasteiger partial charge in [0, 0.05) is 23.1 Å². The lowest BCUT2D eigenvalue weighted by Crippen LogP contribution is -2.19. The number of amidine groups is 1. The summed E-state index contributed by atoms with van der Waals surface area (Å²) in [5.41, 5.74) is 4.86. The Balaban J connectivity index is 1.64. The zero-order valence-electron chi connectivity index (χ0n) is 15.5. The van der Waals surface area contributed by atoms with Gasteiger partial charge in [-0.25, -0.2) is 4.99 Å². The van der Waals surface area contributed by atoms with Gasteiger partial charge in [-0.1, -0.05) is 24.3 Å². The highest BCUT2D eigenvalue weighted by molar-refractivity contribution is 8.18. The van der Waals surface area contributed by atoms with Gasteiger partial charge in [-0.3, -0.25) is 4.79 Å².